The zero-order valence-corrected chi connectivity index (χ0v) is 9.53. The largest absolute Gasteiger partial charge is 0.351 e. The topological polar surface area (TPSA) is 55.1 Å². The molecule has 0 aliphatic heterocycles. The monoisotopic (exact) mass is 238 g/mol. The average Bonchev–Trinajstić information content (AvgIpc) is 2.47. The normalized spacial score (nSPS) is 25.3. The van der Waals surface area contributed by atoms with Crippen molar-refractivity contribution in [1.29, 1.82) is 0 Å². The Morgan fingerprint density at radius 2 is 2.21 bits per heavy atom. The number of nitrogens with one attached hydrogen (secondary N) is 1. The van der Waals surface area contributed by atoms with Crippen molar-refractivity contribution >= 4 is 29.9 Å². The van der Waals surface area contributed by atoms with Crippen LogP contribution in [-0.4, -0.2) is 18.5 Å². The van der Waals surface area contributed by atoms with Gasteiger partial charge in [0.1, 0.15) is 0 Å². The maximum atomic E-state index is 11.5. The van der Waals surface area contributed by atoms with E-state index in [1.807, 2.05) is 0 Å². The number of hydrogen-bond acceptors (Lipinski definition) is 2. The van der Waals surface area contributed by atoms with Gasteiger partial charge in [-0.3, -0.25) is 4.79 Å². The lowest BCUT2D eigenvalue weighted by molar-refractivity contribution is -0.124. The van der Waals surface area contributed by atoms with E-state index in [9.17, 15) is 4.79 Å². The van der Waals surface area contributed by atoms with Crippen LogP contribution < -0.4 is 11.1 Å². The van der Waals surface area contributed by atoms with E-state index in [1.165, 1.54) is 0 Å². The maximum Gasteiger partial charge on any atom is 0.224 e. The van der Waals surface area contributed by atoms with Gasteiger partial charge in [-0.25, -0.2) is 0 Å². The summed E-state index contributed by atoms with van der Waals surface area (Å²) >= 11 is 5.52. The first-order chi connectivity index (χ1) is 6.11. The lowest BCUT2D eigenvalue weighted by atomic mass is 10.0. The van der Waals surface area contributed by atoms with E-state index in [1.54, 1.807) is 0 Å². The van der Waals surface area contributed by atoms with Gasteiger partial charge in [-0.1, -0.05) is 24.6 Å². The van der Waals surface area contributed by atoms with Crippen LogP contribution in [0.25, 0.3) is 0 Å². The van der Waals surface area contributed by atoms with Crippen LogP contribution in [0.5, 0.6) is 0 Å². The third-order valence-electron chi connectivity index (χ3n) is 2.36. The fourth-order valence-corrected chi connectivity index (χ4v) is 1.70. The first-order valence-electron chi connectivity index (χ1n) is 4.48. The highest BCUT2D eigenvalue weighted by molar-refractivity contribution is 6.29. The first kappa shape index (κ1) is 13.8. The highest BCUT2D eigenvalue weighted by atomic mass is 35.5. The fraction of sp³-hybridized carbons (Fsp3) is 0.667. The predicted molar refractivity (Wildman–Crippen MR) is 60.6 cm³/mol. The number of nitrogens with two attached hydrogens (primary N) is 1. The molecule has 14 heavy (non-hydrogen) atoms. The SMILES string of the molecule is C=C(Cl)CNC(=O)C1CCCC1N.Cl. The third-order valence-corrected chi connectivity index (χ3v) is 2.49. The van der Waals surface area contributed by atoms with Crippen molar-refractivity contribution in [3.63, 3.8) is 0 Å². The molecular weight excluding hydrogens is 223 g/mol. The highest BCUT2D eigenvalue weighted by Crippen LogP contribution is 2.23. The zero-order valence-electron chi connectivity index (χ0n) is 7.96. The van der Waals surface area contributed by atoms with Crippen LogP contribution in [0, 0.1) is 5.92 Å². The molecule has 0 spiro atoms. The molecule has 1 amide bonds. The predicted octanol–water partition coefficient (Wildman–Crippen LogP) is 1.40. The van der Waals surface area contributed by atoms with Gasteiger partial charge in [0.2, 0.25) is 5.91 Å². The molecule has 0 aromatic rings. The number of halogens is 2. The number of hydrogen-bond donors (Lipinski definition) is 2. The standard InChI is InChI=1S/C9H15ClN2O.ClH/c1-6(10)5-12-9(13)7-3-2-4-8(7)11;/h7-8H,1-5,11H2,(H,12,13);1H. The van der Waals surface area contributed by atoms with Gasteiger partial charge in [0, 0.05) is 11.1 Å². The molecule has 3 nitrogen and oxygen atoms in total. The van der Waals surface area contributed by atoms with E-state index < -0.39 is 0 Å². The molecule has 82 valence electrons. The Bertz CT molecular complexity index is 221. The van der Waals surface area contributed by atoms with E-state index in [0.717, 1.165) is 19.3 Å². The van der Waals surface area contributed by atoms with Gasteiger partial charge < -0.3 is 11.1 Å². The molecule has 1 saturated carbocycles. The van der Waals surface area contributed by atoms with Crippen LogP contribution >= 0.6 is 24.0 Å². The Morgan fingerprint density at radius 1 is 1.57 bits per heavy atom. The maximum absolute atomic E-state index is 11.5. The van der Waals surface area contributed by atoms with E-state index in [2.05, 4.69) is 11.9 Å². The molecule has 0 aromatic heterocycles. The molecule has 5 heteroatoms. The van der Waals surface area contributed by atoms with Crippen LogP contribution in [-0.2, 0) is 4.79 Å². The summed E-state index contributed by atoms with van der Waals surface area (Å²) in [6, 6.07) is 0.0172. The van der Waals surface area contributed by atoms with Crippen molar-refractivity contribution in [3.05, 3.63) is 11.6 Å². The van der Waals surface area contributed by atoms with Crippen molar-refractivity contribution in [2.75, 3.05) is 6.54 Å². The van der Waals surface area contributed by atoms with Crippen LogP contribution in [0.2, 0.25) is 0 Å². The van der Waals surface area contributed by atoms with E-state index >= 15 is 0 Å². The second-order valence-electron chi connectivity index (χ2n) is 3.44. The Labute approximate surface area is 95.5 Å². The van der Waals surface area contributed by atoms with Gasteiger partial charge in [0.15, 0.2) is 0 Å². The van der Waals surface area contributed by atoms with E-state index in [4.69, 9.17) is 17.3 Å². The minimum Gasteiger partial charge on any atom is -0.351 e. The van der Waals surface area contributed by atoms with Crippen molar-refractivity contribution in [3.8, 4) is 0 Å². The summed E-state index contributed by atoms with van der Waals surface area (Å²) in [5, 5.41) is 3.15. The average molecular weight is 239 g/mol. The van der Waals surface area contributed by atoms with E-state index in [0.29, 0.717) is 11.6 Å². The fourth-order valence-electron chi connectivity index (χ4n) is 1.63. The first-order valence-corrected chi connectivity index (χ1v) is 4.85. The Kier molecular flexibility index (Phi) is 6.16. The Balaban J connectivity index is 0.00000169. The summed E-state index contributed by atoms with van der Waals surface area (Å²) in [5.41, 5.74) is 5.77. The summed E-state index contributed by atoms with van der Waals surface area (Å²) in [6.07, 6.45) is 2.88. The minimum absolute atomic E-state index is 0. The Hall–Kier alpha value is -0.250. The molecule has 0 radical (unpaired) electrons. The molecule has 0 bridgehead atoms. The van der Waals surface area contributed by atoms with Gasteiger partial charge in [0.05, 0.1) is 12.5 Å². The molecule has 0 heterocycles. The summed E-state index contributed by atoms with van der Waals surface area (Å²) in [6.45, 7) is 3.83. The summed E-state index contributed by atoms with van der Waals surface area (Å²) in [5.74, 6) is -0.0252. The second-order valence-corrected chi connectivity index (χ2v) is 3.97. The van der Waals surface area contributed by atoms with Crippen molar-refractivity contribution < 1.29 is 4.79 Å². The second kappa shape index (κ2) is 6.27. The zero-order chi connectivity index (χ0) is 9.84. The number of rotatable bonds is 3. The molecule has 2 unspecified atom stereocenters. The molecule has 3 N–H and O–H groups in total. The Morgan fingerprint density at radius 3 is 2.64 bits per heavy atom. The van der Waals surface area contributed by atoms with Crippen molar-refractivity contribution in [1.82, 2.24) is 5.32 Å². The summed E-state index contributed by atoms with van der Waals surface area (Å²) < 4.78 is 0. The highest BCUT2D eigenvalue weighted by Gasteiger charge is 2.29. The van der Waals surface area contributed by atoms with Crippen LogP contribution in [0.1, 0.15) is 19.3 Å². The van der Waals surface area contributed by atoms with Gasteiger partial charge in [-0.15, -0.1) is 12.4 Å². The van der Waals surface area contributed by atoms with Crippen LogP contribution in [0.15, 0.2) is 11.6 Å². The number of carbonyl (C=O) groups excluding carboxylic acids is 1. The quantitative estimate of drug-likeness (QED) is 0.782. The molecule has 1 rings (SSSR count). The molecule has 2 atom stereocenters. The minimum atomic E-state index is -0.0315. The van der Waals surface area contributed by atoms with Crippen LogP contribution in [0.4, 0.5) is 0 Å². The smallest absolute Gasteiger partial charge is 0.224 e. The molecule has 0 aromatic carbocycles. The van der Waals surface area contributed by atoms with Crippen molar-refractivity contribution in [2.24, 2.45) is 11.7 Å². The lowest BCUT2D eigenvalue weighted by Crippen LogP contribution is -2.38. The molecule has 1 aliphatic rings. The van der Waals surface area contributed by atoms with Crippen molar-refractivity contribution in [2.45, 2.75) is 25.3 Å². The summed E-state index contributed by atoms with van der Waals surface area (Å²) in [4.78, 5) is 11.5. The number of amides is 1. The lowest BCUT2D eigenvalue weighted by Gasteiger charge is -2.14. The van der Waals surface area contributed by atoms with Gasteiger partial charge in [-0.05, 0) is 12.8 Å². The van der Waals surface area contributed by atoms with Gasteiger partial charge in [-0.2, -0.15) is 0 Å². The van der Waals surface area contributed by atoms with Crippen LogP contribution in [0.3, 0.4) is 0 Å². The van der Waals surface area contributed by atoms with Gasteiger partial charge >= 0.3 is 0 Å². The molecule has 1 fully saturated rings. The molecular formula is C9H16Cl2N2O. The van der Waals surface area contributed by atoms with E-state index in [-0.39, 0.29) is 30.3 Å². The molecule has 1 aliphatic carbocycles. The summed E-state index contributed by atoms with van der Waals surface area (Å²) in [7, 11) is 0. The third kappa shape index (κ3) is 3.86. The molecule has 0 saturated heterocycles. The van der Waals surface area contributed by atoms with Gasteiger partial charge in [0.25, 0.3) is 0 Å². The number of carbonyl (C=O) groups is 1.